The second-order valence-electron chi connectivity index (χ2n) is 5.61. The molecule has 116 valence electrons. The third-order valence-electron chi connectivity index (χ3n) is 4.13. The van der Waals surface area contributed by atoms with Crippen LogP contribution in [0.3, 0.4) is 0 Å². The fourth-order valence-corrected chi connectivity index (χ4v) is 2.71. The quantitative estimate of drug-likeness (QED) is 0.635. The molecule has 1 saturated heterocycles. The molecule has 0 radical (unpaired) electrons. The second kappa shape index (κ2) is 7.36. The fraction of sp³-hybridized carbons (Fsp3) is 0.929. The van der Waals surface area contributed by atoms with Gasteiger partial charge in [-0.1, -0.05) is 0 Å². The highest BCUT2D eigenvalue weighted by atomic mass is 16.5. The summed E-state index contributed by atoms with van der Waals surface area (Å²) >= 11 is 0. The number of methoxy groups -OCH3 is 3. The first-order valence-electron chi connectivity index (χ1n) is 7.29. The molecule has 1 aliphatic heterocycles. The van der Waals surface area contributed by atoms with E-state index in [9.17, 15) is 4.79 Å². The number of carbonyl (C=O) groups is 1. The first-order chi connectivity index (χ1) is 9.67. The highest BCUT2D eigenvalue weighted by Gasteiger charge is 2.34. The molecule has 2 rings (SSSR count). The Morgan fingerprint density at radius 1 is 1.20 bits per heavy atom. The van der Waals surface area contributed by atoms with Crippen LogP contribution >= 0.6 is 0 Å². The third kappa shape index (κ3) is 4.15. The maximum atomic E-state index is 11.8. The highest BCUT2D eigenvalue weighted by molar-refractivity contribution is 5.75. The number of likely N-dealkylation sites (tertiary alicyclic amines) is 1. The molecule has 6 nitrogen and oxygen atoms in total. The lowest BCUT2D eigenvalue weighted by molar-refractivity contribution is -0.143. The van der Waals surface area contributed by atoms with E-state index in [-0.39, 0.29) is 24.2 Å². The van der Waals surface area contributed by atoms with Crippen LogP contribution in [0.25, 0.3) is 0 Å². The Hall–Kier alpha value is -0.690. The lowest BCUT2D eigenvalue weighted by Gasteiger charge is -2.20. The number of rotatable bonds is 8. The molecule has 20 heavy (non-hydrogen) atoms. The van der Waals surface area contributed by atoms with E-state index in [0.29, 0.717) is 6.04 Å². The second-order valence-corrected chi connectivity index (χ2v) is 5.61. The summed E-state index contributed by atoms with van der Waals surface area (Å²) in [7, 11) is 4.87. The van der Waals surface area contributed by atoms with Crippen molar-refractivity contribution < 1.29 is 19.0 Å². The Balaban J connectivity index is 1.78. The van der Waals surface area contributed by atoms with Crippen molar-refractivity contribution in [3.8, 4) is 0 Å². The van der Waals surface area contributed by atoms with Crippen molar-refractivity contribution in [3.05, 3.63) is 0 Å². The molecule has 3 atom stereocenters. The lowest BCUT2D eigenvalue weighted by atomic mass is 10.2. The predicted molar refractivity (Wildman–Crippen MR) is 74.6 cm³/mol. The molecule has 0 aromatic rings. The van der Waals surface area contributed by atoms with Crippen molar-refractivity contribution in [2.45, 2.75) is 43.6 Å². The van der Waals surface area contributed by atoms with Crippen LogP contribution < -0.4 is 5.32 Å². The molecule has 1 heterocycles. The number of hydrogen-bond acceptors (Lipinski definition) is 6. The zero-order valence-electron chi connectivity index (χ0n) is 12.6. The summed E-state index contributed by atoms with van der Waals surface area (Å²) < 4.78 is 15.7. The highest BCUT2D eigenvalue weighted by Crippen LogP contribution is 2.21. The van der Waals surface area contributed by atoms with E-state index in [1.165, 1.54) is 7.11 Å². The van der Waals surface area contributed by atoms with Crippen LogP contribution in [0.2, 0.25) is 0 Å². The van der Waals surface area contributed by atoms with Gasteiger partial charge in [-0.05, 0) is 19.3 Å². The lowest BCUT2D eigenvalue weighted by Crippen LogP contribution is -2.41. The van der Waals surface area contributed by atoms with Crippen LogP contribution in [0.15, 0.2) is 0 Å². The minimum Gasteiger partial charge on any atom is -0.468 e. The predicted octanol–water partition coefficient (Wildman–Crippen LogP) is 0.0157. The number of nitrogens with one attached hydrogen (secondary N) is 1. The molecule has 3 unspecified atom stereocenters. The summed E-state index contributed by atoms with van der Waals surface area (Å²) in [4.78, 5) is 14.1. The van der Waals surface area contributed by atoms with E-state index in [1.807, 2.05) is 0 Å². The summed E-state index contributed by atoms with van der Waals surface area (Å²) in [6.45, 7) is 2.55. The molecule has 0 amide bonds. The number of esters is 1. The van der Waals surface area contributed by atoms with Gasteiger partial charge in [0.15, 0.2) is 0 Å². The standard InChI is InChI=1S/C14H26N2O4/c1-18-12-8-16(9-13(12)19-2)7-6-11(14(17)20-3)15-10-4-5-10/h10-13,15H,4-9H2,1-3H3. The monoisotopic (exact) mass is 286 g/mol. The number of hydrogen-bond donors (Lipinski definition) is 1. The largest absolute Gasteiger partial charge is 0.468 e. The fourth-order valence-electron chi connectivity index (χ4n) is 2.71. The van der Waals surface area contributed by atoms with E-state index < -0.39 is 0 Å². The van der Waals surface area contributed by atoms with E-state index in [0.717, 1.165) is 38.9 Å². The minimum absolute atomic E-state index is 0.118. The maximum Gasteiger partial charge on any atom is 0.322 e. The van der Waals surface area contributed by atoms with Gasteiger partial charge in [-0.3, -0.25) is 9.69 Å². The van der Waals surface area contributed by atoms with Crippen molar-refractivity contribution in [2.75, 3.05) is 41.0 Å². The van der Waals surface area contributed by atoms with Gasteiger partial charge in [-0.2, -0.15) is 0 Å². The van der Waals surface area contributed by atoms with Crippen LogP contribution in [0.4, 0.5) is 0 Å². The van der Waals surface area contributed by atoms with Gasteiger partial charge < -0.3 is 19.5 Å². The van der Waals surface area contributed by atoms with Gasteiger partial charge >= 0.3 is 5.97 Å². The van der Waals surface area contributed by atoms with Crippen LogP contribution in [-0.2, 0) is 19.0 Å². The van der Waals surface area contributed by atoms with E-state index in [4.69, 9.17) is 14.2 Å². The van der Waals surface area contributed by atoms with E-state index >= 15 is 0 Å². The van der Waals surface area contributed by atoms with E-state index in [2.05, 4.69) is 10.2 Å². The van der Waals surface area contributed by atoms with Crippen molar-refractivity contribution in [1.29, 1.82) is 0 Å². The Morgan fingerprint density at radius 3 is 2.25 bits per heavy atom. The Morgan fingerprint density at radius 2 is 1.80 bits per heavy atom. The molecule has 0 aromatic heterocycles. The van der Waals surface area contributed by atoms with Gasteiger partial charge in [0.25, 0.3) is 0 Å². The average Bonchev–Trinajstić information content (AvgIpc) is 3.20. The molecule has 1 aliphatic carbocycles. The first-order valence-corrected chi connectivity index (χ1v) is 7.29. The molecule has 1 saturated carbocycles. The Labute approximate surface area is 120 Å². The van der Waals surface area contributed by atoms with Gasteiger partial charge in [-0.25, -0.2) is 0 Å². The van der Waals surface area contributed by atoms with Crippen molar-refractivity contribution in [2.24, 2.45) is 0 Å². The molecule has 6 heteroatoms. The maximum absolute atomic E-state index is 11.8. The van der Waals surface area contributed by atoms with Crippen LogP contribution in [-0.4, -0.2) is 76.1 Å². The van der Waals surface area contributed by atoms with Crippen molar-refractivity contribution in [1.82, 2.24) is 10.2 Å². The minimum atomic E-state index is -0.199. The van der Waals surface area contributed by atoms with Gasteiger partial charge in [0, 0.05) is 39.9 Å². The van der Waals surface area contributed by atoms with Gasteiger partial charge in [0.05, 0.1) is 19.3 Å². The van der Waals surface area contributed by atoms with E-state index in [1.54, 1.807) is 14.2 Å². The van der Waals surface area contributed by atoms with Gasteiger partial charge in [-0.15, -0.1) is 0 Å². The molecule has 1 N–H and O–H groups in total. The Bertz CT molecular complexity index is 310. The summed E-state index contributed by atoms with van der Waals surface area (Å²) in [5.74, 6) is -0.164. The molecular weight excluding hydrogens is 260 g/mol. The topological polar surface area (TPSA) is 60.0 Å². The number of nitrogens with zero attached hydrogens (tertiary/aromatic N) is 1. The normalized spacial score (nSPS) is 28.6. The van der Waals surface area contributed by atoms with Crippen LogP contribution in [0.1, 0.15) is 19.3 Å². The molecule has 0 bridgehead atoms. The summed E-state index contributed by atoms with van der Waals surface area (Å²) in [6, 6.07) is 0.297. The SMILES string of the molecule is COC(=O)C(CCN1CC(OC)C(OC)C1)NC1CC1. The number of carbonyl (C=O) groups excluding carboxylic acids is 1. The van der Waals surface area contributed by atoms with Crippen molar-refractivity contribution >= 4 is 5.97 Å². The first kappa shape index (κ1) is 15.7. The third-order valence-corrected chi connectivity index (χ3v) is 4.13. The summed E-state index contributed by atoms with van der Waals surface area (Å²) in [6.07, 6.45) is 3.32. The van der Waals surface area contributed by atoms with Crippen LogP contribution in [0, 0.1) is 0 Å². The molecule has 0 spiro atoms. The molecule has 2 fully saturated rings. The number of ether oxygens (including phenoxy) is 3. The molecular formula is C14H26N2O4. The Kier molecular flexibility index (Phi) is 5.77. The molecule has 2 aliphatic rings. The van der Waals surface area contributed by atoms with Crippen molar-refractivity contribution in [3.63, 3.8) is 0 Å². The zero-order valence-corrected chi connectivity index (χ0v) is 12.6. The molecule has 0 aromatic carbocycles. The zero-order chi connectivity index (χ0) is 14.5. The summed E-state index contributed by atoms with van der Waals surface area (Å²) in [5, 5.41) is 3.35. The summed E-state index contributed by atoms with van der Waals surface area (Å²) in [5.41, 5.74) is 0. The van der Waals surface area contributed by atoms with Crippen LogP contribution in [0.5, 0.6) is 0 Å². The smallest absolute Gasteiger partial charge is 0.322 e. The van der Waals surface area contributed by atoms with Gasteiger partial charge in [0.2, 0.25) is 0 Å². The van der Waals surface area contributed by atoms with Gasteiger partial charge in [0.1, 0.15) is 6.04 Å². The average molecular weight is 286 g/mol.